The van der Waals surface area contributed by atoms with Crippen LogP contribution in [0.5, 0.6) is 0 Å². The second-order valence-corrected chi connectivity index (χ2v) is 6.32. The highest BCUT2D eigenvalue weighted by molar-refractivity contribution is 5.97. The maximum atomic E-state index is 12.4. The molecule has 1 N–H and O–H groups in total. The van der Waals surface area contributed by atoms with E-state index in [1.165, 1.54) is 25.7 Å². The molecule has 1 amide bonds. The maximum absolute atomic E-state index is 12.4. The Morgan fingerprint density at radius 3 is 2.96 bits per heavy atom. The predicted octanol–water partition coefficient (Wildman–Crippen LogP) is 3.48. The van der Waals surface area contributed by atoms with E-state index >= 15 is 0 Å². The number of rotatable bonds is 4. The second kappa shape index (κ2) is 6.43. The largest absolute Gasteiger partial charge is 0.346 e. The molecule has 0 aliphatic heterocycles. The molecule has 122 valence electrons. The first kappa shape index (κ1) is 14.9. The summed E-state index contributed by atoms with van der Waals surface area (Å²) in [7, 11) is 0. The van der Waals surface area contributed by atoms with Crippen LogP contribution >= 0.6 is 0 Å². The number of carbonyl (C=O) groups excluding carboxylic acids is 1. The summed E-state index contributed by atoms with van der Waals surface area (Å²) in [4.78, 5) is 16.6. The molecule has 0 spiro atoms. The number of carbonyl (C=O) groups is 1. The Hall–Kier alpha value is -2.69. The lowest BCUT2D eigenvalue weighted by Crippen LogP contribution is -2.23. The molecular formula is C19H20N4O. The van der Waals surface area contributed by atoms with Gasteiger partial charge in [-0.15, -0.1) is 0 Å². The minimum atomic E-state index is -0.0869. The third kappa shape index (κ3) is 3.02. The Balaban J connectivity index is 1.42. The van der Waals surface area contributed by atoms with Crippen molar-refractivity contribution in [1.29, 1.82) is 0 Å². The first-order chi connectivity index (χ1) is 11.8. The first-order valence-corrected chi connectivity index (χ1v) is 8.46. The first-order valence-electron chi connectivity index (χ1n) is 8.46. The third-order valence-corrected chi connectivity index (χ3v) is 4.66. The van der Waals surface area contributed by atoms with Crippen LogP contribution in [0.4, 0.5) is 0 Å². The van der Waals surface area contributed by atoms with Crippen LogP contribution in [0.15, 0.2) is 48.8 Å². The Kier molecular flexibility index (Phi) is 3.99. The number of amides is 1. The summed E-state index contributed by atoms with van der Waals surface area (Å²) in [6.45, 7) is 0.448. The molecular weight excluding hydrogens is 300 g/mol. The summed E-state index contributed by atoms with van der Waals surface area (Å²) in [5, 5.41) is 8.52. The van der Waals surface area contributed by atoms with Crippen LogP contribution in [0.25, 0.3) is 10.9 Å². The van der Waals surface area contributed by atoms with Crippen molar-refractivity contribution < 1.29 is 4.79 Å². The number of benzene rings is 1. The third-order valence-electron chi connectivity index (χ3n) is 4.66. The average molecular weight is 320 g/mol. The van der Waals surface area contributed by atoms with Crippen LogP contribution in [0, 0.1) is 0 Å². The van der Waals surface area contributed by atoms with Crippen molar-refractivity contribution in [1.82, 2.24) is 20.1 Å². The molecule has 5 nitrogen and oxygen atoms in total. The number of hydrogen-bond donors (Lipinski definition) is 1. The van der Waals surface area contributed by atoms with Gasteiger partial charge in [-0.25, -0.2) is 0 Å². The van der Waals surface area contributed by atoms with Crippen LogP contribution in [-0.4, -0.2) is 20.7 Å². The van der Waals surface area contributed by atoms with Crippen molar-refractivity contribution in [2.45, 2.75) is 38.3 Å². The van der Waals surface area contributed by atoms with Crippen molar-refractivity contribution in [3.05, 3.63) is 60.0 Å². The summed E-state index contributed by atoms with van der Waals surface area (Å²) in [6.07, 6.45) is 8.76. The van der Waals surface area contributed by atoms with Gasteiger partial charge in [0, 0.05) is 23.3 Å². The minimum Gasteiger partial charge on any atom is -0.346 e. The zero-order valence-corrected chi connectivity index (χ0v) is 13.5. The van der Waals surface area contributed by atoms with E-state index < -0.39 is 0 Å². The molecule has 0 bridgehead atoms. The number of nitrogens with zero attached hydrogens (tertiary/aromatic N) is 3. The normalized spacial score (nSPS) is 15.0. The Labute approximate surface area is 140 Å². The fraction of sp³-hybridized carbons (Fsp3) is 0.316. The zero-order valence-electron chi connectivity index (χ0n) is 13.5. The summed E-state index contributed by atoms with van der Waals surface area (Å²) in [5.41, 5.74) is 2.44. The zero-order chi connectivity index (χ0) is 16.4. The molecule has 0 atom stereocenters. The van der Waals surface area contributed by atoms with E-state index in [1.54, 1.807) is 6.20 Å². The molecule has 2 aromatic heterocycles. The molecule has 3 aromatic rings. The van der Waals surface area contributed by atoms with E-state index in [4.69, 9.17) is 0 Å². The van der Waals surface area contributed by atoms with Crippen LogP contribution < -0.4 is 5.32 Å². The van der Waals surface area contributed by atoms with Crippen LogP contribution in [-0.2, 0) is 6.54 Å². The molecule has 0 radical (unpaired) electrons. The van der Waals surface area contributed by atoms with Crippen LogP contribution in [0.1, 0.15) is 47.8 Å². The Morgan fingerprint density at radius 2 is 2.08 bits per heavy atom. The van der Waals surface area contributed by atoms with Gasteiger partial charge in [-0.05, 0) is 43.2 Å². The number of fused-ring (bicyclic) bond motifs is 1. The predicted molar refractivity (Wildman–Crippen MR) is 92.6 cm³/mol. The van der Waals surface area contributed by atoms with E-state index in [1.807, 2.05) is 42.6 Å². The average Bonchev–Trinajstić information content (AvgIpc) is 3.30. The molecule has 1 saturated carbocycles. The van der Waals surface area contributed by atoms with Gasteiger partial charge in [-0.1, -0.05) is 18.9 Å². The van der Waals surface area contributed by atoms with Crippen molar-refractivity contribution in [2.24, 2.45) is 0 Å². The van der Waals surface area contributed by atoms with E-state index in [0.29, 0.717) is 18.2 Å². The molecule has 1 aromatic carbocycles. The lowest BCUT2D eigenvalue weighted by atomic mass is 10.1. The maximum Gasteiger partial charge on any atom is 0.251 e. The molecule has 1 aliphatic rings. The Morgan fingerprint density at radius 1 is 1.21 bits per heavy atom. The molecule has 4 rings (SSSR count). The van der Waals surface area contributed by atoms with E-state index in [0.717, 1.165) is 16.6 Å². The highest BCUT2D eigenvalue weighted by atomic mass is 16.1. The number of hydrogen-bond acceptors (Lipinski definition) is 3. The van der Waals surface area contributed by atoms with Gasteiger partial charge in [0.15, 0.2) is 0 Å². The van der Waals surface area contributed by atoms with Gasteiger partial charge in [0.1, 0.15) is 0 Å². The van der Waals surface area contributed by atoms with Crippen molar-refractivity contribution >= 4 is 16.8 Å². The van der Waals surface area contributed by atoms with Gasteiger partial charge in [0.25, 0.3) is 5.91 Å². The summed E-state index contributed by atoms with van der Waals surface area (Å²) in [6, 6.07) is 11.9. The molecule has 0 unspecified atom stereocenters. The Bertz CT molecular complexity index is 864. The van der Waals surface area contributed by atoms with E-state index in [2.05, 4.69) is 20.1 Å². The van der Waals surface area contributed by atoms with Gasteiger partial charge >= 0.3 is 0 Å². The van der Waals surface area contributed by atoms with Crippen LogP contribution in [0.3, 0.4) is 0 Å². The van der Waals surface area contributed by atoms with Crippen molar-refractivity contribution in [2.75, 3.05) is 0 Å². The number of aromatic nitrogens is 3. The van der Waals surface area contributed by atoms with Gasteiger partial charge < -0.3 is 5.32 Å². The van der Waals surface area contributed by atoms with Crippen molar-refractivity contribution in [3.8, 4) is 0 Å². The SMILES string of the molecule is O=C(NCc1ccn(C2CCCC2)n1)c1ccc2ncccc2c1. The summed E-state index contributed by atoms with van der Waals surface area (Å²) < 4.78 is 2.05. The van der Waals surface area contributed by atoms with Gasteiger partial charge in [0.2, 0.25) is 0 Å². The molecule has 2 heterocycles. The topological polar surface area (TPSA) is 59.8 Å². The molecule has 5 heteroatoms. The van der Waals surface area contributed by atoms with Crippen LogP contribution in [0.2, 0.25) is 0 Å². The van der Waals surface area contributed by atoms with Gasteiger partial charge in [-0.3, -0.25) is 14.5 Å². The highest BCUT2D eigenvalue weighted by Gasteiger charge is 2.17. The molecule has 24 heavy (non-hydrogen) atoms. The van der Waals surface area contributed by atoms with Gasteiger partial charge in [-0.2, -0.15) is 5.10 Å². The monoisotopic (exact) mass is 320 g/mol. The lowest BCUT2D eigenvalue weighted by molar-refractivity contribution is 0.0950. The fourth-order valence-electron chi connectivity index (χ4n) is 3.33. The molecule has 0 saturated heterocycles. The molecule has 1 fully saturated rings. The standard InChI is InChI=1S/C19H20N4O/c24-19(15-7-8-18-14(12-15)4-3-10-20-18)21-13-16-9-11-23(22-16)17-5-1-2-6-17/h3-4,7-12,17H,1-2,5-6,13H2,(H,21,24). The lowest BCUT2D eigenvalue weighted by Gasteiger charge is -2.09. The van der Waals surface area contributed by atoms with Crippen molar-refractivity contribution in [3.63, 3.8) is 0 Å². The van der Waals surface area contributed by atoms with Gasteiger partial charge in [0.05, 0.1) is 23.8 Å². The highest BCUT2D eigenvalue weighted by Crippen LogP contribution is 2.28. The minimum absolute atomic E-state index is 0.0869. The number of nitrogens with one attached hydrogen (secondary N) is 1. The van der Waals surface area contributed by atoms with E-state index in [-0.39, 0.29) is 5.91 Å². The summed E-state index contributed by atoms with van der Waals surface area (Å²) in [5.74, 6) is -0.0869. The fourth-order valence-corrected chi connectivity index (χ4v) is 3.33. The summed E-state index contributed by atoms with van der Waals surface area (Å²) >= 11 is 0. The number of pyridine rings is 1. The smallest absolute Gasteiger partial charge is 0.251 e. The second-order valence-electron chi connectivity index (χ2n) is 6.32. The molecule has 1 aliphatic carbocycles. The quantitative estimate of drug-likeness (QED) is 0.800. The van der Waals surface area contributed by atoms with E-state index in [9.17, 15) is 4.79 Å².